The van der Waals surface area contributed by atoms with Crippen LogP contribution in [0, 0.1) is 0 Å². The highest BCUT2D eigenvalue weighted by molar-refractivity contribution is 6.07. The Morgan fingerprint density at radius 1 is 1.19 bits per heavy atom. The Labute approximate surface area is 209 Å². The van der Waals surface area contributed by atoms with Crippen LogP contribution in [-0.2, 0) is 20.7 Å². The number of hydrogen-bond acceptors (Lipinski definition) is 10. The van der Waals surface area contributed by atoms with Gasteiger partial charge < -0.3 is 30.7 Å². The Bertz CT molecular complexity index is 1220. The minimum Gasteiger partial charge on any atom is -0.468 e. The molecule has 1 aliphatic rings. The number of esters is 1. The molecule has 4 N–H and O–H groups in total. The zero-order valence-electron chi connectivity index (χ0n) is 19.8. The maximum absolute atomic E-state index is 13.1. The lowest BCUT2D eigenvalue weighted by Crippen LogP contribution is -2.37. The average Bonchev–Trinajstić information content (AvgIpc) is 2.92. The number of nitrogens with zero attached hydrogens (tertiary/aromatic N) is 4. The van der Waals surface area contributed by atoms with Crippen LogP contribution in [0.1, 0.15) is 16.1 Å². The molecule has 36 heavy (non-hydrogen) atoms. The number of methoxy groups -OCH3 is 1. The summed E-state index contributed by atoms with van der Waals surface area (Å²) in [5.41, 5.74) is 9.46. The summed E-state index contributed by atoms with van der Waals surface area (Å²) in [6.45, 7) is 2.64. The number of carbonyl (C=O) groups excluding carboxylic acids is 2. The average molecular weight is 487 g/mol. The second kappa shape index (κ2) is 11.6. The SMILES string of the molecule is [B]N[C@H](Cc1ccc(-c2cnc(N)c(C(=O)Nc3cnccc3N3CCOCC3)n2)cc1)C(=O)OC. The first-order chi connectivity index (χ1) is 17.5. The molecular weight excluding hydrogens is 461 g/mol. The number of amides is 1. The molecule has 0 spiro atoms. The van der Waals surface area contributed by atoms with Crippen molar-refractivity contribution in [1.82, 2.24) is 20.2 Å². The van der Waals surface area contributed by atoms with E-state index in [9.17, 15) is 9.59 Å². The van der Waals surface area contributed by atoms with Crippen molar-refractivity contribution < 1.29 is 19.1 Å². The van der Waals surface area contributed by atoms with Crippen LogP contribution < -0.4 is 21.2 Å². The van der Waals surface area contributed by atoms with Crippen LogP contribution in [0.15, 0.2) is 48.9 Å². The quantitative estimate of drug-likeness (QED) is 0.310. The summed E-state index contributed by atoms with van der Waals surface area (Å²) in [5.74, 6) is -0.928. The molecule has 2 aromatic heterocycles. The summed E-state index contributed by atoms with van der Waals surface area (Å²) in [6.07, 6.45) is 5.12. The first-order valence-corrected chi connectivity index (χ1v) is 11.3. The molecule has 1 aromatic carbocycles. The van der Waals surface area contributed by atoms with E-state index in [1.807, 2.05) is 30.3 Å². The van der Waals surface area contributed by atoms with E-state index in [1.165, 1.54) is 13.3 Å². The van der Waals surface area contributed by atoms with E-state index in [4.69, 9.17) is 23.2 Å². The molecule has 2 radical (unpaired) electrons. The maximum atomic E-state index is 13.1. The Hall–Kier alpha value is -4.03. The molecule has 1 amide bonds. The van der Waals surface area contributed by atoms with Crippen molar-refractivity contribution >= 4 is 37.1 Å². The monoisotopic (exact) mass is 487 g/mol. The van der Waals surface area contributed by atoms with Gasteiger partial charge in [-0.15, -0.1) is 0 Å². The van der Waals surface area contributed by atoms with Gasteiger partial charge in [0.25, 0.3) is 5.91 Å². The molecule has 0 aliphatic carbocycles. The van der Waals surface area contributed by atoms with E-state index < -0.39 is 17.9 Å². The van der Waals surface area contributed by atoms with Gasteiger partial charge in [-0.25, -0.2) is 9.97 Å². The van der Waals surface area contributed by atoms with Crippen LogP contribution >= 0.6 is 0 Å². The van der Waals surface area contributed by atoms with Crippen LogP contribution in [0.3, 0.4) is 0 Å². The first kappa shape index (κ1) is 25.1. The molecule has 1 atom stereocenters. The highest BCUT2D eigenvalue weighted by atomic mass is 16.5. The number of ether oxygens (including phenoxy) is 2. The van der Waals surface area contributed by atoms with Gasteiger partial charge in [-0.2, -0.15) is 0 Å². The zero-order valence-corrected chi connectivity index (χ0v) is 19.8. The minimum absolute atomic E-state index is 0.00597. The molecule has 1 fully saturated rings. The topological polar surface area (TPSA) is 145 Å². The molecule has 3 heterocycles. The first-order valence-electron chi connectivity index (χ1n) is 11.3. The zero-order chi connectivity index (χ0) is 25.5. The number of benzene rings is 1. The number of aromatic nitrogens is 3. The molecule has 1 aliphatic heterocycles. The smallest absolute Gasteiger partial charge is 0.322 e. The van der Waals surface area contributed by atoms with E-state index in [0.29, 0.717) is 44.1 Å². The van der Waals surface area contributed by atoms with Crippen molar-refractivity contribution in [2.45, 2.75) is 12.5 Å². The van der Waals surface area contributed by atoms with Gasteiger partial charge in [0.1, 0.15) is 0 Å². The number of anilines is 3. The molecule has 184 valence electrons. The van der Waals surface area contributed by atoms with Gasteiger partial charge in [0.2, 0.25) is 0 Å². The number of hydrogen-bond donors (Lipinski definition) is 3. The van der Waals surface area contributed by atoms with E-state index in [1.54, 1.807) is 12.4 Å². The third-order valence-corrected chi connectivity index (χ3v) is 5.79. The fourth-order valence-electron chi connectivity index (χ4n) is 3.85. The lowest BCUT2D eigenvalue weighted by Gasteiger charge is -2.30. The summed E-state index contributed by atoms with van der Waals surface area (Å²) in [6, 6.07) is 8.50. The lowest BCUT2D eigenvalue weighted by molar-refractivity contribution is -0.142. The van der Waals surface area contributed by atoms with Crippen LogP contribution in [0.25, 0.3) is 11.3 Å². The van der Waals surface area contributed by atoms with E-state index in [-0.39, 0.29) is 11.5 Å². The Morgan fingerprint density at radius 2 is 1.94 bits per heavy atom. The summed E-state index contributed by atoms with van der Waals surface area (Å²) in [7, 11) is 6.76. The van der Waals surface area contributed by atoms with E-state index in [0.717, 1.165) is 16.8 Å². The third kappa shape index (κ3) is 5.78. The van der Waals surface area contributed by atoms with Gasteiger partial charge in [-0.05, 0) is 18.1 Å². The second-order valence-electron chi connectivity index (χ2n) is 8.08. The number of pyridine rings is 1. The fourth-order valence-corrected chi connectivity index (χ4v) is 3.85. The molecule has 3 aromatic rings. The molecule has 11 nitrogen and oxygen atoms in total. The summed E-state index contributed by atoms with van der Waals surface area (Å²) < 4.78 is 10.2. The molecule has 12 heteroatoms. The van der Waals surface area contributed by atoms with Crippen LogP contribution in [0.5, 0.6) is 0 Å². The van der Waals surface area contributed by atoms with Gasteiger partial charge >= 0.3 is 5.97 Å². The largest absolute Gasteiger partial charge is 0.468 e. The molecule has 0 unspecified atom stereocenters. The van der Waals surface area contributed by atoms with Crippen LogP contribution in [0.4, 0.5) is 17.2 Å². The molecule has 1 saturated heterocycles. The third-order valence-electron chi connectivity index (χ3n) is 5.79. The van der Waals surface area contributed by atoms with Crippen molar-refractivity contribution in [2.75, 3.05) is 49.4 Å². The molecular formula is C24H26BN7O4. The van der Waals surface area contributed by atoms with Crippen molar-refractivity contribution in [2.24, 2.45) is 0 Å². The van der Waals surface area contributed by atoms with Crippen molar-refractivity contribution in [3.63, 3.8) is 0 Å². The summed E-state index contributed by atoms with van der Waals surface area (Å²) in [5, 5.41) is 5.32. The van der Waals surface area contributed by atoms with Crippen LogP contribution in [-0.4, -0.2) is 74.3 Å². The van der Waals surface area contributed by atoms with Gasteiger partial charge in [-0.3, -0.25) is 14.6 Å². The molecule has 0 saturated carbocycles. The van der Waals surface area contributed by atoms with Crippen molar-refractivity contribution in [3.05, 3.63) is 60.2 Å². The highest BCUT2D eigenvalue weighted by Crippen LogP contribution is 2.27. The number of nitrogens with two attached hydrogens (primary N) is 1. The number of rotatable bonds is 8. The van der Waals surface area contributed by atoms with Crippen molar-refractivity contribution in [3.8, 4) is 11.3 Å². The number of morpholine rings is 1. The minimum atomic E-state index is -0.665. The Balaban J connectivity index is 1.52. The van der Waals surface area contributed by atoms with Gasteiger partial charge in [0.15, 0.2) is 19.5 Å². The van der Waals surface area contributed by atoms with Crippen LogP contribution in [0.2, 0.25) is 0 Å². The standard InChI is InChI=1S/C24H26BN7O4/c1-35-24(34)17(31-25)12-15-2-4-16(5-3-15)18-14-28-22(26)21(29-18)23(33)30-19-13-27-7-6-20(19)32-8-10-36-11-9-32/h2-7,13-14,17,31H,8-12H2,1H3,(H2,26,28)(H,30,33)/t17-/m1/s1. The number of carbonyl (C=O) groups is 2. The second-order valence-corrected chi connectivity index (χ2v) is 8.08. The molecule has 0 bridgehead atoms. The number of nitrogens with one attached hydrogen (secondary N) is 2. The lowest BCUT2D eigenvalue weighted by atomic mass is 10.0. The summed E-state index contributed by atoms with van der Waals surface area (Å²) in [4.78, 5) is 39.8. The van der Waals surface area contributed by atoms with E-state index in [2.05, 4.69) is 30.4 Å². The maximum Gasteiger partial charge on any atom is 0.322 e. The fraction of sp³-hybridized carbons (Fsp3) is 0.292. The number of nitrogen functional groups attached to an aromatic ring is 1. The van der Waals surface area contributed by atoms with Gasteiger partial charge in [0.05, 0.1) is 55.8 Å². The normalized spacial score (nSPS) is 14.2. The Morgan fingerprint density at radius 3 is 2.64 bits per heavy atom. The highest BCUT2D eigenvalue weighted by Gasteiger charge is 2.20. The molecule has 4 rings (SSSR count). The Kier molecular flexibility index (Phi) is 8.08. The predicted molar refractivity (Wildman–Crippen MR) is 136 cm³/mol. The van der Waals surface area contributed by atoms with E-state index >= 15 is 0 Å². The van der Waals surface area contributed by atoms with Gasteiger partial charge in [-0.1, -0.05) is 24.3 Å². The van der Waals surface area contributed by atoms with Gasteiger partial charge in [0, 0.05) is 24.8 Å². The predicted octanol–water partition coefficient (Wildman–Crippen LogP) is 0.967. The summed E-state index contributed by atoms with van der Waals surface area (Å²) >= 11 is 0. The van der Waals surface area contributed by atoms with Crippen molar-refractivity contribution in [1.29, 1.82) is 0 Å².